The molecule has 0 spiro atoms. The molecule has 4 nitrogen and oxygen atoms in total. The van der Waals surface area contributed by atoms with Crippen molar-refractivity contribution in [3.05, 3.63) is 52.0 Å². The minimum absolute atomic E-state index is 0.262. The lowest BCUT2D eigenvalue weighted by Gasteiger charge is -2.13. The van der Waals surface area contributed by atoms with Gasteiger partial charge in [-0.1, -0.05) is 41.4 Å². The Kier molecular flexibility index (Phi) is 4.58. The van der Waals surface area contributed by atoms with Crippen molar-refractivity contribution >= 4 is 28.9 Å². The lowest BCUT2D eigenvalue weighted by atomic mass is 10.1. The molecule has 2 N–H and O–H groups in total. The molecule has 0 fully saturated rings. The van der Waals surface area contributed by atoms with Gasteiger partial charge < -0.3 is 10.4 Å². The van der Waals surface area contributed by atoms with E-state index in [4.69, 9.17) is 23.2 Å². The first-order valence-electron chi connectivity index (χ1n) is 5.75. The molecule has 0 aliphatic carbocycles. The van der Waals surface area contributed by atoms with Gasteiger partial charge in [0.15, 0.2) is 5.15 Å². The van der Waals surface area contributed by atoms with Gasteiger partial charge in [0.25, 0.3) is 0 Å². The van der Waals surface area contributed by atoms with E-state index in [1.54, 1.807) is 6.92 Å². The summed E-state index contributed by atoms with van der Waals surface area (Å²) in [5, 5.41) is 13.4. The summed E-state index contributed by atoms with van der Waals surface area (Å²) in [6.07, 6.45) is 0.904. The van der Waals surface area contributed by atoms with Crippen molar-refractivity contribution in [3.8, 4) is 0 Å². The Morgan fingerprint density at radius 3 is 2.74 bits per heavy atom. The molecule has 19 heavy (non-hydrogen) atoms. The largest absolute Gasteiger partial charge is 0.389 e. The zero-order valence-electron chi connectivity index (χ0n) is 10.3. The summed E-state index contributed by atoms with van der Waals surface area (Å²) in [4.78, 5) is 8.04. The van der Waals surface area contributed by atoms with Gasteiger partial charge in [-0.2, -0.15) is 0 Å². The van der Waals surface area contributed by atoms with Crippen LogP contribution < -0.4 is 5.32 Å². The van der Waals surface area contributed by atoms with Gasteiger partial charge in [0.1, 0.15) is 5.15 Å². The lowest BCUT2D eigenvalue weighted by Crippen LogP contribution is -2.06. The van der Waals surface area contributed by atoms with E-state index in [0.717, 1.165) is 11.3 Å². The highest BCUT2D eigenvalue weighted by Crippen LogP contribution is 2.23. The first-order chi connectivity index (χ1) is 9.08. The number of nitrogens with one attached hydrogen (secondary N) is 1. The van der Waals surface area contributed by atoms with Crippen LogP contribution in [0.5, 0.6) is 0 Å². The summed E-state index contributed by atoms with van der Waals surface area (Å²) >= 11 is 11.6. The molecule has 0 radical (unpaired) electrons. The van der Waals surface area contributed by atoms with Crippen LogP contribution in [0.15, 0.2) is 30.5 Å². The molecule has 2 rings (SSSR count). The van der Waals surface area contributed by atoms with Gasteiger partial charge in [0, 0.05) is 11.3 Å². The molecular weight excluding hydrogens is 285 g/mol. The van der Waals surface area contributed by atoms with E-state index in [1.807, 2.05) is 24.3 Å². The minimum atomic E-state index is -0.546. The van der Waals surface area contributed by atoms with Crippen LogP contribution in [0.1, 0.15) is 24.3 Å². The lowest BCUT2D eigenvalue weighted by molar-refractivity contribution is 0.200. The summed E-state index contributed by atoms with van der Waals surface area (Å²) in [6, 6.07) is 7.52. The Hall–Kier alpha value is -1.36. The van der Waals surface area contributed by atoms with Gasteiger partial charge in [-0.05, 0) is 13.0 Å². The van der Waals surface area contributed by atoms with E-state index in [-0.39, 0.29) is 10.3 Å². The molecule has 0 saturated heterocycles. The van der Waals surface area contributed by atoms with E-state index < -0.39 is 6.10 Å². The van der Waals surface area contributed by atoms with Crippen molar-refractivity contribution in [1.82, 2.24) is 9.97 Å². The number of hydrogen-bond acceptors (Lipinski definition) is 4. The van der Waals surface area contributed by atoms with Crippen LogP contribution in [0, 0.1) is 0 Å². The second-order valence-corrected chi connectivity index (χ2v) is 4.79. The van der Waals surface area contributed by atoms with Gasteiger partial charge in [-0.15, -0.1) is 0 Å². The average Bonchev–Trinajstić information content (AvgIpc) is 2.38. The van der Waals surface area contributed by atoms with Crippen LogP contribution in [0.25, 0.3) is 0 Å². The third-order valence-electron chi connectivity index (χ3n) is 2.63. The number of aromatic nitrogens is 2. The molecule has 1 aromatic carbocycles. The summed E-state index contributed by atoms with van der Waals surface area (Å²) in [6.45, 7) is 2.13. The van der Waals surface area contributed by atoms with Crippen molar-refractivity contribution in [1.29, 1.82) is 0 Å². The highest BCUT2D eigenvalue weighted by Gasteiger charge is 2.09. The summed E-state index contributed by atoms with van der Waals surface area (Å²) in [5.41, 5.74) is 2.26. The SMILES string of the molecule is C[C@@H](O)c1ccccc1NCc1ncc(Cl)nc1Cl. The summed E-state index contributed by atoms with van der Waals surface area (Å²) in [5.74, 6) is 0. The maximum atomic E-state index is 9.68. The number of anilines is 1. The highest BCUT2D eigenvalue weighted by atomic mass is 35.5. The zero-order chi connectivity index (χ0) is 13.8. The first-order valence-corrected chi connectivity index (χ1v) is 6.51. The average molecular weight is 298 g/mol. The number of para-hydroxylation sites is 1. The molecule has 0 bridgehead atoms. The predicted octanol–water partition coefficient (Wildman–Crippen LogP) is 3.45. The monoisotopic (exact) mass is 297 g/mol. The molecule has 1 atom stereocenters. The van der Waals surface area contributed by atoms with Crippen molar-refractivity contribution in [2.24, 2.45) is 0 Å². The molecule has 100 valence electrons. The minimum Gasteiger partial charge on any atom is -0.389 e. The van der Waals surface area contributed by atoms with E-state index in [1.165, 1.54) is 6.20 Å². The zero-order valence-corrected chi connectivity index (χ0v) is 11.8. The summed E-state index contributed by atoms with van der Waals surface area (Å²) in [7, 11) is 0. The van der Waals surface area contributed by atoms with E-state index in [2.05, 4.69) is 15.3 Å². The first kappa shape index (κ1) is 14.1. The van der Waals surface area contributed by atoms with Crippen LogP contribution in [-0.2, 0) is 6.54 Å². The number of aliphatic hydroxyl groups is 1. The molecule has 0 unspecified atom stereocenters. The van der Waals surface area contributed by atoms with Crippen LogP contribution in [0.2, 0.25) is 10.3 Å². The van der Waals surface area contributed by atoms with Crippen molar-refractivity contribution in [3.63, 3.8) is 0 Å². The van der Waals surface area contributed by atoms with Crippen molar-refractivity contribution in [2.45, 2.75) is 19.6 Å². The van der Waals surface area contributed by atoms with E-state index >= 15 is 0 Å². The van der Waals surface area contributed by atoms with Gasteiger partial charge in [-0.25, -0.2) is 4.98 Å². The molecule has 2 aromatic rings. The van der Waals surface area contributed by atoms with Crippen LogP contribution in [0.3, 0.4) is 0 Å². The second-order valence-electron chi connectivity index (χ2n) is 4.05. The molecule has 0 aliphatic heterocycles. The maximum Gasteiger partial charge on any atom is 0.154 e. The Labute approximate surface area is 121 Å². The van der Waals surface area contributed by atoms with E-state index in [0.29, 0.717) is 12.2 Å². The number of halogens is 2. The molecule has 0 aliphatic rings. The smallest absolute Gasteiger partial charge is 0.154 e. The topological polar surface area (TPSA) is 58.0 Å². The van der Waals surface area contributed by atoms with Crippen LogP contribution >= 0.6 is 23.2 Å². The van der Waals surface area contributed by atoms with E-state index in [9.17, 15) is 5.11 Å². The summed E-state index contributed by atoms with van der Waals surface area (Å²) < 4.78 is 0. The fourth-order valence-corrected chi connectivity index (χ4v) is 2.07. The van der Waals surface area contributed by atoms with Gasteiger partial charge in [-0.3, -0.25) is 4.98 Å². The Morgan fingerprint density at radius 1 is 1.32 bits per heavy atom. The van der Waals surface area contributed by atoms with Gasteiger partial charge >= 0.3 is 0 Å². The van der Waals surface area contributed by atoms with Crippen LogP contribution in [-0.4, -0.2) is 15.1 Å². The fourth-order valence-electron chi connectivity index (χ4n) is 1.69. The molecule has 1 heterocycles. The second kappa shape index (κ2) is 6.19. The van der Waals surface area contributed by atoms with Crippen LogP contribution in [0.4, 0.5) is 5.69 Å². The van der Waals surface area contributed by atoms with Crippen molar-refractivity contribution in [2.75, 3.05) is 5.32 Å². The third kappa shape index (κ3) is 3.56. The number of nitrogens with zero attached hydrogens (tertiary/aromatic N) is 2. The molecule has 6 heteroatoms. The Morgan fingerprint density at radius 2 is 2.05 bits per heavy atom. The maximum absolute atomic E-state index is 9.68. The number of benzene rings is 1. The number of aliphatic hydroxyl groups excluding tert-OH is 1. The number of hydrogen-bond donors (Lipinski definition) is 2. The Bertz CT molecular complexity index is 576. The van der Waals surface area contributed by atoms with Gasteiger partial charge in [0.05, 0.1) is 24.5 Å². The predicted molar refractivity (Wildman–Crippen MR) is 76.5 cm³/mol. The normalized spacial score (nSPS) is 12.2. The third-order valence-corrected chi connectivity index (χ3v) is 3.11. The highest BCUT2D eigenvalue weighted by molar-refractivity contribution is 6.32. The molecular formula is C13H13Cl2N3O. The standard InChI is InChI=1S/C13H13Cl2N3O/c1-8(19)9-4-2-3-5-10(9)16-6-11-13(15)18-12(14)7-17-11/h2-5,7-8,16,19H,6H2,1H3/t8-/m1/s1. The van der Waals surface area contributed by atoms with Crippen molar-refractivity contribution < 1.29 is 5.11 Å². The molecule has 0 amide bonds. The molecule has 0 saturated carbocycles. The van der Waals surface area contributed by atoms with Gasteiger partial charge in [0.2, 0.25) is 0 Å². The number of rotatable bonds is 4. The Balaban J connectivity index is 2.14. The fraction of sp³-hybridized carbons (Fsp3) is 0.231. The molecule has 1 aromatic heterocycles. The quantitative estimate of drug-likeness (QED) is 0.907.